The minimum atomic E-state index is -0.929. The number of carbonyl (C=O) groups is 1. The zero-order chi connectivity index (χ0) is 10.1. The lowest BCUT2D eigenvalue weighted by molar-refractivity contribution is 0.0702. The van der Waals surface area contributed by atoms with Crippen LogP contribution in [0.2, 0.25) is 0 Å². The third kappa shape index (κ3) is 1.73. The fraction of sp³-hybridized carbons (Fsp3) is 0. The molecule has 2 heterocycles. The van der Waals surface area contributed by atoms with Gasteiger partial charge in [0.05, 0.1) is 11.1 Å². The van der Waals surface area contributed by atoms with E-state index in [-0.39, 0.29) is 4.88 Å². The van der Waals surface area contributed by atoms with Crippen molar-refractivity contribution in [2.45, 2.75) is 0 Å². The van der Waals surface area contributed by atoms with Crippen molar-refractivity contribution in [2.75, 3.05) is 0 Å². The average molecular weight is 290 g/mol. The van der Waals surface area contributed by atoms with Crippen molar-refractivity contribution in [1.82, 2.24) is 4.98 Å². The van der Waals surface area contributed by atoms with Crippen LogP contribution in [0.15, 0.2) is 22.1 Å². The summed E-state index contributed by atoms with van der Waals surface area (Å²) in [5.41, 5.74) is 0. The monoisotopic (exact) mass is 289 g/mol. The highest BCUT2D eigenvalue weighted by Crippen LogP contribution is 2.35. The SMILES string of the molecule is O=C(O)c1cnc(-c2sccc2Br)s1. The molecule has 0 atom stereocenters. The summed E-state index contributed by atoms with van der Waals surface area (Å²) in [5, 5.41) is 11.4. The Balaban J connectivity index is 2.43. The van der Waals surface area contributed by atoms with Gasteiger partial charge >= 0.3 is 5.97 Å². The Bertz CT molecular complexity index is 477. The van der Waals surface area contributed by atoms with E-state index in [1.807, 2.05) is 11.4 Å². The summed E-state index contributed by atoms with van der Waals surface area (Å²) < 4.78 is 0.953. The van der Waals surface area contributed by atoms with E-state index in [0.29, 0.717) is 0 Å². The molecule has 72 valence electrons. The highest BCUT2D eigenvalue weighted by atomic mass is 79.9. The molecule has 0 saturated heterocycles. The minimum absolute atomic E-state index is 0.264. The number of thiazole rings is 1. The summed E-state index contributed by atoms with van der Waals surface area (Å²) in [6.07, 6.45) is 1.38. The zero-order valence-corrected chi connectivity index (χ0v) is 9.95. The maximum atomic E-state index is 10.6. The molecule has 2 aromatic rings. The second-order valence-corrected chi connectivity index (χ2v) is 5.23. The average Bonchev–Trinajstić information content (AvgIpc) is 2.71. The topological polar surface area (TPSA) is 50.2 Å². The summed E-state index contributed by atoms with van der Waals surface area (Å²) >= 11 is 6.10. The molecule has 0 aromatic carbocycles. The van der Waals surface area contributed by atoms with Crippen molar-refractivity contribution < 1.29 is 9.90 Å². The van der Waals surface area contributed by atoms with Crippen LogP contribution in [0.3, 0.4) is 0 Å². The molecule has 14 heavy (non-hydrogen) atoms. The lowest BCUT2D eigenvalue weighted by atomic mass is 10.5. The van der Waals surface area contributed by atoms with Crippen LogP contribution in [0.5, 0.6) is 0 Å². The largest absolute Gasteiger partial charge is 0.477 e. The number of hydrogen-bond acceptors (Lipinski definition) is 4. The highest BCUT2D eigenvalue weighted by Gasteiger charge is 2.12. The van der Waals surface area contributed by atoms with Crippen LogP contribution in [-0.2, 0) is 0 Å². The Morgan fingerprint density at radius 3 is 2.86 bits per heavy atom. The third-order valence-corrected chi connectivity index (χ3v) is 4.50. The van der Waals surface area contributed by atoms with Gasteiger partial charge in [0.15, 0.2) is 0 Å². The van der Waals surface area contributed by atoms with Gasteiger partial charge in [0.1, 0.15) is 9.88 Å². The van der Waals surface area contributed by atoms with Crippen LogP contribution in [0.4, 0.5) is 0 Å². The molecule has 0 unspecified atom stereocenters. The smallest absolute Gasteiger partial charge is 0.347 e. The van der Waals surface area contributed by atoms with Crippen molar-refractivity contribution in [1.29, 1.82) is 0 Å². The van der Waals surface area contributed by atoms with E-state index in [1.54, 1.807) is 0 Å². The van der Waals surface area contributed by atoms with Gasteiger partial charge in [-0.25, -0.2) is 9.78 Å². The number of thiophene rings is 1. The molecular formula is C8H4BrNO2S2. The van der Waals surface area contributed by atoms with Gasteiger partial charge < -0.3 is 5.11 Å². The Kier molecular flexibility index (Phi) is 2.66. The molecule has 1 N–H and O–H groups in total. The minimum Gasteiger partial charge on any atom is -0.477 e. The van der Waals surface area contributed by atoms with Gasteiger partial charge in [0.2, 0.25) is 0 Å². The molecule has 0 bridgehead atoms. The van der Waals surface area contributed by atoms with Crippen LogP contribution in [0.1, 0.15) is 9.67 Å². The molecule has 0 aliphatic heterocycles. The van der Waals surface area contributed by atoms with E-state index in [0.717, 1.165) is 14.4 Å². The van der Waals surface area contributed by atoms with E-state index in [4.69, 9.17) is 5.11 Å². The van der Waals surface area contributed by atoms with E-state index < -0.39 is 5.97 Å². The Hall–Kier alpha value is -0.720. The lowest BCUT2D eigenvalue weighted by Gasteiger charge is -1.89. The number of carboxylic acids is 1. The van der Waals surface area contributed by atoms with Crippen molar-refractivity contribution in [3.05, 3.63) is 27.0 Å². The molecule has 3 nitrogen and oxygen atoms in total. The molecule has 2 rings (SSSR count). The first kappa shape index (κ1) is 9.82. The van der Waals surface area contributed by atoms with Gasteiger partial charge in [0.25, 0.3) is 0 Å². The number of halogens is 1. The first-order valence-corrected chi connectivity index (χ1v) is 6.10. The molecule has 0 aliphatic carbocycles. The standard InChI is InChI=1S/C8H4BrNO2S2/c9-4-1-2-13-6(4)7-10-3-5(14-7)8(11)12/h1-3H,(H,11,12). The van der Waals surface area contributed by atoms with Crippen molar-refractivity contribution >= 4 is 44.6 Å². The van der Waals surface area contributed by atoms with Gasteiger partial charge in [0, 0.05) is 4.47 Å². The van der Waals surface area contributed by atoms with Crippen LogP contribution >= 0.6 is 38.6 Å². The van der Waals surface area contributed by atoms with Gasteiger partial charge in [-0.2, -0.15) is 0 Å². The quantitative estimate of drug-likeness (QED) is 0.923. The van der Waals surface area contributed by atoms with E-state index in [2.05, 4.69) is 20.9 Å². The zero-order valence-electron chi connectivity index (χ0n) is 6.73. The van der Waals surface area contributed by atoms with Crippen molar-refractivity contribution in [2.24, 2.45) is 0 Å². The van der Waals surface area contributed by atoms with Gasteiger partial charge in [-0.05, 0) is 27.4 Å². The van der Waals surface area contributed by atoms with Crippen LogP contribution in [0, 0.1) is 0 Å². The molecule has 0 fully saturated rings. The molecular weight excluding hydrogens is 286 g/mol. The van der Waals surface area contributed by atoms with Crippen molar-refractivity contribution in [3.63, 3.8) is 0 Å². The van der Waals surface area contributed by atoms with Crippen LogP contribution < -0.4 is 0 Å². The molecule has 0 spiro atoms. The van der Waals surface area contributed by atoms with Crippen LogP contribution in [-0.4, -0.2) is 16.1 Å². The summed E-state index contributed by atoms with van der Waals surface area (Å²) in [5.74, 6) is -0.929. The maximum Gasteiger partial charge on any atom is 0.347 e. The molecule has 0 amide bonds. The predicted octanol–water partition coefficient (Wildman–Crippen LogP) is 3.33. The number of aromatic nitrogens is 1. The van der Waals surface area contributed by atoms with Gasteiger partial charge in [-0.15, -0.1) is 22.7 Å². The van der Waals surface area contributed by atoms with E-state index in [9.17, 15) is 4.79 Å². The first-order valence-electron chi connectivity index (χ1n) is 3.61. The number of rotatable bonds is 2. The molecule has 0 radical (unpaired) electrons. The van der Waals surface area contributed by atoms with E-state index >= 15 is 0 Å². The fourth-order valence-corrected chi connectivity index (χ4v) is 3.48. The number of nitrogens with zero attached hydrogens (tertiary/aromatic N) is 1. The maximum absolute atomic E-state index is 10.6. The van der Waals surface area contributed by atoms with Gasteiger partial charge in [-0.3, -0.25) is 0 Å². The molecule has 6 heteroatoms. The normalized spacial score (nSPS) is 10.4. The number of hydrogen-bond donors (Lipinski definition) is 1. The molecule has 0 aliphatic rings. The predicted molar refractivity (Wildman–Crippen MR) is 60.1 cm³/mol. The molecule has 0 saturated carbocycles. The lowest BCUT2D eigenvalue weighted by Crippen LogP contribution is -1.89. The number of aromatic carboxylic acids is 1. The Morgan fingerprint density at radius 2 is 2.36 bits per heavy atom. The van der Waals surface area contributed by atoms with Crippen LogP contribution in [0.25, 0.3) is 9.88 Å². The highest BCUT2D eigenvalue weighted by molar-refractivity contribution is 9.10. The Labute approximate surface area is 96.2 Å². The first-order chi connectivity index (χ1) is 6.68. The summed E-state index contributed by atoms with van der Waals surface area (Å²) in [6, 6.07) is 1.92. The number of carboxylic acid groups (broad SMARTS) is 1. The fourth-order valence-electron chi connectivity index (χ4n) is 0.924. The Morgan fingerprint density at radius 1 is 1.57 bits per heavy atom. The molecule has 2 aromatic heterocycles. The summed E-state index contributed by atoms with van der Waals surface area (Å²) in [4.78, 5) is 15.9. The second-order valence-electron chi connectivity index (χ2n) is 2.43. The van der Waals surface area contributed by atoms with Gasteiger partial charge in [-0.1, -0.05) is 0 Å². The third-order valence-electron chi connectivity index (χ3n) is 1.53. The second kappa shape index (κ2) is 3.80. The summed E-state index contributed by atoms with van der Waals surface area (Å²) in [7, 11) is 0. The summed E-state index contributed by atoms with van der Waals surface area (Å²) in [6.45, 7) is 0. The van der Waals surface area contributed by atoms with Crippen molar-refractivity contribution in [3.8, 4) is 9.88 Å². The van der Waals surface area contributed by atoms with E-state index in [1.165, 1.54) is 28.9 Å².